The quantitative estimate of drug-likeness (QED) is 0.136. The van der Waals surface area contributed by atoms with Gasteiger partial charge in [-0.1, -0.05) is 103 Å². The van der Waals surface area contributed by atoms with Crippen LogP contribution in [-0.2, 0) is 22.7 Å². The molecule has 0 radical (unpaired) electrons. The normalized spacial score (nSPS) is 11.3. The Hall–Kier alpha value is -4.70. The summed E-state index contributed by atoms with van der Waals surface area (Å²) in [7, 11) is 0. The molecule has 0 spiro atoms. The zero-order valence-corrected chi connectivity index (χ0v) is 23.2. The van der Waals surface area contributed by atoms with Crippen LogP contribution in [0.3, 0.4) is 0 Å². The lowest BCUT2D eigenvalue weighted by atomic mass is 9.96. The highest BCUT2D eigenvalue weighted by atomic mass is 16.2. The van der Waals surface area contributed by atoms with Crippen LogP contribution in [-0.4, -0.2) is 11.8 Å². The number of carbonyl (C=O) groups excluding carboxylic acids is 2. The minimum Gasteiger partial charge on any atom is -0.352 e. The summed E-state index contributed by atoms with van der Waals surface area (Å²) in [4.78, 5) is 25.3. The first-order valence-corrected chi connectivity index (χ1v) is 14.5. The van der Waals surface area contributed by atoms with Crippen molar-refractivity contribution in [1.29, 1.82) is 0 Å². The van der Waals surface area contributed by atoms with Crippen LogP contribution in [0.1, 0.15) is 43.2 Å². The third-order valence-corrected chi connectivity index (χ3v) is 8.00. The van der Waals surface area contributed by atoms with Gasteiger partial charge in [-0.2, -0.15) is 0 Å². The molecule has 6 aromatic carbocycles. The smallest absolute Gasteiger partial charge is 0.220 e. The summed E-state index contributed by atoms with van der Waals surface area (Å²) < 4.78 is 0. The van der Waals surface area contributed by atoms with Crippen LogP contribution in [0, 0.1) is 0 Å². The van der Waals surface area contributed by atoms with Gasteiger partial charge in [0.2, 0.25) is 11.8 Å². The van der Waals surface area contributed by atoms with Crippen LogP contribution in [0.2, 0.25) is 0 Å². The molecule has 0 aliphatic carbocycles. The SMILES string of the molecule is O=C(CCCCCC(=O)NCc1c2ccccc2cc2ccccc12)NCc1c2ccccc2cc2ccccc12. The van der Waals surface area contributed by atoms with E-state index in [4.69, 9.17) is 0 Å². The zero-order chi connectivity index (χ0) is 28.0. The van der Waals surface area contributed by atoms with E-state index >= 15 is 0 Å². The number of hydrogen-bond acceptors (Lipinski definition) is 2. The van der Waals surface area contributed by atoms with E-state index in [1.165, 1.54) is 43.1 Å². The van der Waals surface area contributed by atoms with Crippen molar-refractivity contribution in [2.24, 2.45) is 0 Å². The molecule has 2 N–H and O–H groups in total. The van der Waals surface area contributed by atoms with Crippen molar-refractivity contribution >= 4 is 54.9 Å². The van der Waals surface area contributed by atoms with Gasteiger partial charge in [0.1, 0.15) is 0 Å². The number of nitrogens with one attached hydrogen (secondary N) is 2. The number of carbonyl (C=O) groups is 2. The van der Waals surface area contributed by atoms with E-state index in [0.29, 0.717) is 25.9 Å². The lowest BCUT2D eigenvalue weighted by Gasteiger charge is -2.13. The van der Waals surface area contributed by atoms with Crippen LogP contribution >= 0.6 is 0 Å². The van der Waals surface area contributed by atoms with Gasteiger partial charge >= 0.3 is 0 Å². The van der Waals surface area contributed by atoms with Crippen molar-refractivity contribution < 1.29 is 9.59 Å². The Labute approximate surface area is 240 Å². The Balaban J connectivity index is 0.980. The summed E-state index contributed by atoms with van der Waals surface area (Å²) in [5, 5.41) is 15.7. The van der Waals surface area contributed by atoms with Crippen LogP contribution in [0.5, 0.6) is 0 Å². The molecule has 6 rings (SSSR count). The largest absolute Gasteiger partial charge is 0.352 e. The second-order valence-electron chi connectivity index (χ2n) is 10.7. The van der Waals surface area contributed by atoms with Gasteiger partial charge in [0.15, 0.2) is 0 Å². The fourth-order valence-electron chi connectivity index (χ4n) is 5.90. The van der Waals surface area contributed by atoms with Crippen molar-refractivity contribution in [2.45, 2.75) is 45.2 Å². The lowest BCUT2D eigenvalue weighted by molar-refractivity contribution is -0.121. The van der Waals surface area contributed by atoms with E-state index in [-0.39, 0.29) is 11.8 Å². The summed E-state index contributed by atoms with van der Waals surface area (Å²) in [5.74, 6) is 0.101. The van der Waals surface area contributed by atoms with Crippen molar-refractivity contribution in [1.82, 2.24) is 10.6 Å². The molecule has 0 heterocycles. The van der Waals surface area contributed by atoms with Gasteiger partial charge in [0.25, 0.3) is 0 Å². The molecule has 0 bridgehead atoms. The number of fused-ring (bicyclic) bond motifs is 4. The molecule has 204 valence electrons. The molecule has 6 aromatic rings. The molecule has 0 aromatic heterocycles. The first-order valence-electron chi connectivity index (χ1n) is 14.5. The average Bonchev–Trinajstić information content (AvgIpc) is 3.01. The van der Waals surface area contributed by atoms with Gasteiger partial charge in [-0.3, -0.25) is 9.59 Å². The number of unbranched alkanes of at least 4 members (excludes halogenated alkanes) is 2. The molecule has 4 heteroatoms. The van der Waals surface area contributed by atoms with E-state index in [1.54, 1.807) is 0 Å². The highest BCUT2D eigenvalue weighted by Gasteiger charge is 2.11. The van der Waals surface area contributed by atoms with Crippen molar-refractivity contribution in [3.63, 3.8) is 0 Å². The Morgan fingerprint density at radius 1 is 0.439 bits per heavy atom. The molecule has 0 unspecified atom stereocenters. The minimum atomic E-state index is 0.0503. The van der Waals surface area contributed by atoms with Gasteiger partial charge < -0.3 is 10.6 Å². The van der Waals surface area contributed by atoms with E-state index in [2.05, 4.69) is 71.3 Å². The Kier molecular flexibility index (Phi) is 7.90. The van der Waals surface area contributed by atoms with Crippen LogP contribution in [0.15, 0.2) is 109 Å². The molecule has 0 fully saturated rings. The van der Waals surface area contributed by atoms with Crippen LogP contribution < -0.4 is 10.6 Å². The molecule has 4 nitrogen and oxygen atoms in total. The Bertz CT molecular complexity index is 1630. The van der Waals surface area contributed by atoms with Crippen molar-refractivity contribution in [3.05, 3.63) is 120 Å². The van der Waals surface area contributed by atoms with Crippen molar-refractivity contribution in [2.75, 3.05) is 0 Å². The highest BCUT2D eigenvalue weighted by molar-refractivity contribution is 6.03. The first kappa shape index (κ1) is 26.5. The molecule has 0 aliphatic heterocycles. The molecular formula is C37H34N2O2. The summed E-state index contributed by atoms with van der Waals surface area (Å²) in [6, 6.07) is 37.7. The second-order valence-corrected chi connectivity index (χ2v) is 10.7. The fourth-order valence-corrected chi connectivity index (χ4v) is 5.90. The van der Waals surface area contributed by atoms with Crippen molar-refractivity contribution in [3.8, 4) is 0 Å². The molecule has 2 amide bonds. The van der Waals surface area contributed by atoms with E-state index in [1.807, 2.05) is 48.5 Å². The summed E-state index contributed by atoms with van der Waals surface area (Å²) in [5.41, 5.74) is 2.31. The third-order valence-electron chi connectivity index (χ3n) is 8.00. The molecule has 0 aliphatic rings. The van der Waals surface area contributed by atoms with Gasteiger partial charge in [-0.25, -0.2) is 0 Å². The number of rotatable bonds is 10. The zero-order valence-electron chi connectivity index (χ0n) is 23.2. The minimum absolute atomic E-state index is 0.0503. The number of hydrogen-bond donors (Lipinski definition) is 2. The highest BCUT2D eigenvalue weighted by Crippen LogP contribution is 2.29. The van der Waals surface area contributed by atoms with E-state index in [9.17, 15) is 9.59 Å². The number of benzene rings is 6. The van der Waals surface area contributed by atoms with E-state index < -0.39 is 0 Å². The topological polar surface area (TPSA) is 58.2 Å². The average molecular weight is 539 g/mol. The summed E-state index contributed by atoms with van der Waals surface area (Å²) in [6.07, 6.45) is 3.31. The molecule has 41 heavy (non-hydrogen) atoms. The first-order chi connectivity index (χ1) is 20.2. The standard InChI is InChI=1S/C37H34N2O2/c40-36(38-24-34-30-16-8-4-12-26(30)22-27-13-5-9-17-31(27)34)20-2-1-3-21-37(41)39-25-35-32-18-10-6-14-28(32)23-29-15-7-11-19-33(29)35/h4-19,22-23H,1-3,20-21,24-25H2,(H,38,40)(H,39,41). The molecule has 0 atom stereocenters. The molecular weight excluding hydrogens is 504 g/mol. The maximum Gasteiger partial charge on any atom is 0.220 e. The van der Waals surface area contributed by atoms with Gasteiger partial charge in [-0.05, 0) is 79.2 Å². The third kappa shape index (κ3) is 5.92. The Morgan fingerprint density at radius 2 is 0.756 bits per heavy atom. The number of amides is 2. The monoisotopic (exact) mass is 538 g/mol. The predicted molar refractivity (Wildman–Crippen MR) is 170 cm³/mol. The Morgan fingerprint density at radius 3 is 1.10 bits per heavy atom. The fraction of sp³-hybridized carbons (Fsp3) is 0.189. The summed E-state index contributed by atoms with van der Waals surface area (Å²) in [6.45, 7) is 1.01. The maximum absolute atomic E-state index is 12.7. The summed E-state index contributed by atoms with van der Waals surface area (Å²) >= 11 is 0. The van der Waals surface area contributed by atoms with E-state index in [0.717, 1.165) is 30.4 Å². The molecule has 0 saturated heterocycles. The maximum atomic E-state index is 12.7. The second kappa shape index (κ2) is 12.2. The molecule has 0 saturated carbocycles. The van der Waals surface area contributed by atoms with Gasteiger partial charge in [-0.15, -0.1) is 0 Å². The van der Waals surface area contributed by atoms with Gasteiger partial charge in [0, 0.05) is 25.9 Å². The van der Waals surface area contributed by atoms with Crippen LogP contribution in [0.4, 0.5) is 0 Å². The predicted octanol–water partition coefficient (Wildman–Crippen LogP) is 8.18. The lowest BCUT2D eigenvalue weighted by Crippen LogP contribution is -2.23. The van der Waals surface area contributed by atoms with Gasteiger partial charge in [0.05, 0.1) is 0 Å². The van der Waals surface area contributed by atoms with Crippen LogP contribution in [0.25, 0.3) is 43.1 Å².